The lowest BCUT2D eigenvalue weighted by atomic mass is 10.3. The zero-order valence-electron chi connectivity index (χ0n) is 7.72. The smallest absolute Gasteiger partial charge is 0.262 e. The Balaban J connectivity index is 2.40. The van der Waals surface area contributed by atoms with Gasteiger partial charge in [0.25, 0.3) is 5.91 Å². The van der Waals surface area contributed by atoms with Gasteiger partial charge in [-0.2, -0.15) is 0 Å². The van der Waals surface area contributed by atoms with Crippen molar-refractivity contribution in [1.29, 1.82) is 0 Å². The first-order valence-corrected chi connectivity index (χ1v) is 6.37. The van der Waals surface area contributed by atoms with Gasteiger partial charge in [0, 0.05) is 16.4 Å². The largest absolute Gasteiger partial charge is 0.351 e. The molecule has 0 bridgehead atoms. The summed E-state index contributed by atoms with van der Waals surface area (Å²) >= 11 is 10.5. The molecule has 1 rings (SSSR count). The summed E-state index contributed by atoms with van der Waals surface area (Å²) in [5, 5.41) is 4.79. The molecule has 1 N–H and O–H groups in total. The van der Waals surface area contributed by atoms with Crippen LogP contribution >= 0.6 is 38.9 Å². The Morgan fingerprint density at radius 3 is 3.00 bits per heavy atom. The van der Waals surface area contributed by atoms with Gasteiger partial charge in [0.2, 0.25) is 0 Å². The van der Waals surface area contributed by atoms with Gasteiger partial charge in [0.05, 0.1) is 0 Å². The molecule has 78 valence electrons. The van der Waals surface area contributed by atoms with E-state index in [2.05, 4.69) is 21.2 Å². The highest BCUT2D eigenvalue weighted by atomic mass is 79.9. The fourth-order valence-corrected chi connectivity index (χ4v) is 2.50. The Morgan fingerprint density at radius 1 is 1.79 bits per heavy atom. The number of alkyl halides is 1. The number of amides is 1. The van der Waals surface area contributed by atoms with Gasteiger partial charge in [-0.15, -0.1) is 22.9 Å². The van der Waals surface area contributed by atoms with Crippen LogP contribution < -0.4 is 5.32 Å². The van der Waals surface area contributed by atoms with Crippen molar-refractivity contribution in [1.82, 2.24) is 5.32 Å². The lowest BCUT2D eigenvalue weighted by Gasteiger charge is -2.04. The van der Waals surface area contributed by atoms with E-state index < -0.39 is 0 Å². The van der Waals surface area contributed by atoms with Crippen LogP contribution in [0.25, 0.3) is 0 Å². The quantitative estimate of drug-likeness (QED) is 0.849. The molecule has 1 heterocycles. The first-order chi connectivity index (χ1) is 6.61. The molecule has 2 nitrogen and oxygen atoms in total. The standard InChI is InChI=1S/C9H11BrClNOS/c1-6(11)2-4-12-9(13)8-7(10)3-5-14-8/h3,5-6H,2,4H2,1H3,(H,12,13). The van der Waals surface area contributed by atoms with Gasteiger partial charge in [0.1, 0.15) is 4.88 Å². The monoisotopic (exact) mass is 295 g/mol. The predicted molar refractivity (Wildman–Crippen MR) is 64.3 cm³/mol. The number of halogens is 2. The van der Waals surface area contributed by atoms with E-state index in [1.54, 1.807) is 0 Å². The molecule has 0 aliphatic carbocycles. The molecular formula is C9H11BrClNOS. The molecule has 1 atom stereocenters. The van der Waals surface area contributed by atoms with Gasteiger partial charge in [-0.05, 0) is 40.7 Å². The average Bonchev–Trinajstić information content (AvgIpc) is 2.50. The number of carbonyl (C=O) groups is 1. The van der Waals surface area contributed by atoms with Crippen LogP contribution in [0.5, 0.6) is 0 Å². The molecule has 5 heteroatoms. The van der Waals surface area contributed by atoms with Gasteiger partial charge in [-0.25, -0.2) is 0 Å². The van der Waals surface area contributed by atoms with Crippen molar-refractivity contribution in [3.05, 3.63) is 20.8 Å². The van der Waals surface area contributed by atoms with Crippen molar-refractivity contribution in [3.8, 4) is 0 Å². The molecule has 14 heavy (non-hydrogen) atoms. The lowest BCUT2D eigenvalue weighted by Crippen LogP contribution is -2.25. The Kier molecular flexibility index (Phi) is 4.92. The highest BCUT2D eigenvalue weighted by molar-refractivity contribution is 9.10. The summed E-state index contributed by atoms with van der Waals surface area (Å²) in [5.41, 5.74) is 0. The molecule has 1 unspecified atom stereocenters. The minimum absolute atomic E-state index is 0.0378. The predicted octanol–water partition coefficient (Wildman–Crippen LogP) is 3.26. The van der Waals surface area contributed by atoms with Crippen LogP contribution in [0, 0.1) is 0 Å². The van der Waals surface area contributed by atoms with Crippen LogP contribution in [-0.2, 0) is 0 Å². The normalized spacial score (nSPS) is 12.5. The van der Waals surface area contributed by atoms with Crippen LogP contribution in [0.4, 0.5) is 0 Å². The van der Waals surface area contributed by atoms with E-state index in [1.165, 1.54) is 11.3 Å². The summed E-state index contributed by atoms with van der Waals surface area (Å²) in [6.45, 7) is 2.53. The molecule has 0 saturated carbocycles. The maximum Gasteiger partial charge on any atom is 0.262 e. The Hall–Kier alpha value is -0.0600. The minimum atomic E-state index is -0.0378. The van der Waals surface area contributed by atoms with Gasteiger partial charge in [-0.1, -0.05) is 0 Å². The van der Waals surface area contributed by atoms with E-state index in [9.17, 15) is 4.79 Å². The Labute approximate surface area is 101 Å². The maximum atomic E-state index is 11.5. The SMILES string of the molecule is CC(Cl)CCNC(=O)c1sccc1Br. The van der Waals surface area contributed by atoms with Crippen molar-refractivity contribution >= 4 is 44.8 Å². The van der Waals surface area contributed by atoms with Crippen LogP contribution in [-0.4, -0.2) is 17.8 Å². The maximum absolute atomic E-state index is 11.5. The number of rotatable bonds is 4. The van der Waals surface area contributed by atoms with E-state index in [0.717, 1.165) is 10.9 Å². The number of hydrogen-bond acceptors (Lipinski definition) is 2. The summed E-state index contributed by atoms with van der Waals surface area (Å²) in [7, 11) is 0. The zero-order chi connectivity index (χ0) is 10.6. The van der Waals surface area contributed by atoms with Crippen molar-refractivity contribution in [2.45, 2.75) is 18.7 Å². The zero-order valence-corrected chi connectivity index (χ0v) is 10.9. The Bertz CT molecular complexity index is 314. The molecule has 1 aromatic rings. The molecular weight excluding hydrogens is 286 g/mol. The molecule has 0 saturated heterocycles. The van der Waals surface area contributed by atoms with E-state index in [4.69, 9.17) is 11.6 Å². The minimum Gasteiger partial charge on any atom is -0.351 e. The first-order valence-electron chi connectivity index (χ1n) is 4.26. The van der Waals surface area contributed by atoms with Crippen LogP contribution in [0.3, 0.4) is 0 Å². The first kappa shape index (κ1) is 12.0. The molecule has 0 aromatic carbocycles. The van der Waals surface area contributed by atoms with Crippen LogP contribution in [0.2, 0.25) is 0 Å². The van der Waals surface area contributed by atoms with E-state index in [-0.39, 0.29) is 11.3 Å². The molecule has 0 fully saturated rings. The number of hydrogen-bond donors (Lipinski definition) is 1. The van der Waals surface area contributed by atoms with Gasteiger partial charge in [0.15, 0.2) is 0 Å². The fraction of sp³-hybridized carbons (Fsp3) is 0.444. The highest BCUT2D eigenvalue weighted by Gasteiger charge is 2.10. The second kappa shape index (κ2) is 5.73. The summed E-state index contributed by atoms with van der Waals surface area (Å²) < 4.78 is 0.846. The molecule has 1 aromatic heterocycles. The lowest BCUT2D eigenvalue weighted by molar-refractivity contribution is 0.0956. The van der Waals surface area contributed by atoms with Gasteiger partial charge < -0.3 is 5.32 Å². The van der Waals surface area contributed by atoms with Gasteiger partial charge in [-0.3, -0.25) is 4.79 Å². The van der Waals surface area contributed by atoms with E-state index >= 15 is 0 Å². The fourth-order valence-electron chi connectivity index (χ4n) is 0.921. The second-order valence-electron chi connectivity index (χ2n) is 2.92. The molecule has 0 spiro atoms. The second-order valence-corrected chi connectivity index (χ2v) is 5.44. The molecule has 0 aliphatic rings. The van der Waals surface area contributed by atoms with E-state index in [1.807, 2.05) is 18.4 Å². The number of nitrogens with one attached hydrogen (secondary N) is 1. The third-order valence-electron chi connectivity index (χ3n) is 1.65. The highest BCUT2D eigenvalue weighted by Crippen LogP contribution is 2.22. The third-order valence-corrected chi connectivity index (χ3v) is 3.71. The summed E-state index contributed by atoms with van der Waals surface area (Å²) in [6, 6.07) is 1.86. The van der Waals surface area contributed by atoms with Crippen molar-refractivity contribution < 1.29 is 4.79 Å². The van der Waals surface area contributed by atoms with E-state index in [0.29, 0.717) is 11.4 Å². The molecule has 1 amide bonds. The van der Waals surface area contributed by atoms with Gasteiger partial charge >= 0.3 is 0 Å². The summed E-state index contributed by atoms with van der Waals surface area (Å²) in [6.07, 6.45) is 0.788. The van der Waals surface area contributed by atoms with Crippen LogP contribution in [0.15, 0.2) is 15.9 Å². The summed E-state index contributed by atoms with van der Waals surface area (Å²) in [4.78, 5) is 12.2. The number of carbonyl (C=O) groups excluding carboxylic acids is 1. The molecule has 0 radical (unpaired) electrons. The third kappa shape index (κ3) is 3.59. The Morgan fingerprint density at radius 2 is 2.50 bits per heavy atom. The molecule has 0 aliphatic heterocycles. The average molecular weight is 297 g/mol. The van der Waals surface area contributed by atoms with Crippen molar-refractivity contribution in [2.24, 2.45) is 0 Å². The summed E-state index contributed by atoms with van der Waals surface area (Å²) in [5.74, 6) is -0.0378. The van der Waals surface area contributed by atoms with Crippen molar-refractivity contribution in [3.63, 3.8) is 0 Å². The topological polar surface area (TPSA) is 29.1 Å². The van der Waals surface area contributed by atoms with Crippen molar-refractivity contribution in [2.75, 3.05) is 6.54 Å². The van der Waals surface area contributed by atoms with Crippen LogP contribution in [0.1, 0.15) is 23.0 Å². The number of thiophene rings is 1.